The summed E-state index contributed by atoms with van der Waals surface area (Å²) in [5.41, 5.74) is 6.18. The third-order valence-electron chi connectivity index (χ3n) is 4.13. The van der Waals surface area contributed by atoms with Gasteiger partial charge in [0.15, 0.2) is 0 Å². The zero-order valence-corrected chi connectivity index (χ0v) is 11.1. The summed E-state index contributed by atoms with van der Waals surface area (Å²) in [5.74, 6) is 0. The van der Waals surface area contributed by atoms with Gasteiger partial charge in [0.05, 0.1) is 17.7 Å². The van der Waals surface area contributed by atoms with E-state index in [4.69, 9.17) is 0 Å². The predicted molar refractivity (Wildman–Crippen MR) is 75.5 cm³/mol. The number of nitrogens with zero attached hydrogens (tertiary/aromatic N) is 1. The fraction of sp³-hybridized carbons (Fsp3) is 0.467. The quantitative estimate of drug-likeness (QED) is 0.750. The van der Waals surface area contributed by atoms with Crippen molar-refractivity contribution in [2.75, 3.05) is 18.2 Å². The second-order valence-corrected chi connectivity index (χ2v) is 5.75. The maximum atomic E-state index is 9.99. The van der Waals surface area contributed by atoms with Crippen LogP contribution in [0.5, 0.6) is 0 Å². The molecule has 2 atom stereocenters. The molecule has 19 heavy (non-hydrogen) atoms. The molecule has 4 heteroatoms. The lowest BCUT2D eigenvalue weighted by Crippen LogP contribution is -2.39. The van der Waals surface area contributed by atoms with E-state index in [-0.39, 0.29) is 6.61 Å². The molecule has 1 saturated heterocycles. The van der Waals surface area contributed by atoms with E-state index in [1.165, 1.54) is 11.1 Å². The van der Waals surface area contributed by atoms with Crippen molar-refractivity contribution in [3.8, 4) is 0 Å². The van der Waals surface area contributed by atoms with Gasteiger partial charge in [-0.1, -0.05) is 25.1 Å². The molecule has 102 valence electrons. The van der Waals surface area contributed by atoms with Crippen molar-refractivity contribution in [3.63, 3.8) is 0 Å². The molecule has 0 spiro atoms. The van der Waals surface area contributed by atoms with Gasteiger partial charge in [0.1, 0.15) is 6.23 Å². The Morgan fingerprint density at radius 2 is 2.32 bits per heavy atom. The molecule has 0 amide bonds. The normalized spacial score (nSPS) is 29.6. The summed E-state index contributed by atoms with van der Waals surface area (Å²) in [7, 11) is 0. The maximum absolute atomic E-state index is 9.99. The van der Waals surface area contributed by atoms with Gasteiger partial charge in [-0.15, -0.1) is 0 Å². The lowest BCUT2D eigenvalue weighted by Gasteiger charge is -2.23. The van der Waals surface area contributed by atoms with Crippen LogP contribution in [0.15, 0.2) is 24.3 Å². The SMILES string of the molecule is CC1(CO)CN(c2ccc3c(c2)CCC=C3)NC1O. The number of anilines is 1. The van der Waals surface area contributed by atoms with Gasteiger partial charge in [-0.2, -0.15) is 0 Å². The van der Waals surface area contributed by atoms with Crippen LogP contribution in [0.25, 0.3) is 6.08 Å². The number of aliphatic hydroxyl groups is 2. The molecule has 4 nitrogen and oxygen atoms in total. The van der Waals surface area contributed by atoms with E-state index >= 15 is 0 Å². The molecular weight excluding hydrogens is 240 g/mol. The molecule has 1 aromatic carbocycles. The van der Waals surface area contributed by atoms with Gasteiger partial charge < -0.3 is 15.2 Å². The number of fused-ring (bicyclic) bond motifs is 1. The molecule has 0 saturated carbocycles. The smallest absolute Gasteiger partial charge is 0.130 e. The third kappa shape index (κ3) is 2.16. The van der Waals surface area contributed by atoms with E-state index in [9.17, 15) is 10.2 Å². The highest BCUT2D eigenvalue weighted by molar-refractivity contribution is 5.62. The largest absolute Gasteiger partial charge is 0.396 e. The van der Waals surface area contributed by atoms with Crippen molar-refractivity contribution in [2.24, 2.45) is 5.41 Å². The molecule has 0 radical (unpaired) electrons. The lowest BCUT2D eigenvalue weighted by molar-refractivity contribution is 0.0151. The second-order valence-electron chi connectivity index (χ2n) is 5.75. The van der Waals surface area contributed by atoms with E-state index < -0.39 is 11.6 Å². The number of aryl methyl sites for hydroxylation is 1. The molecule has 2 aliphatic rings. The minimum atomic E-state index is -0.714. The minimum Gasteiger partial charge on any atom is -0.396 e. The van der Waals surface area contributed by atoms with E-state index in [1.807, 2.05) is 11.9 Å². The first-order chi connectivity index (χ1) is 9.12. The Morgan fingerprint density at radius 3 is 3.05 bits per heavy atom. The molecule has 1 heterocycles. The lowest BCUT2D eigenvalue weighted by atomic mass is 9.91. The molecule has 1 aliphatic heterocycles. The summed E-state index contributed by atoms with van der Waals surface area (Å²) in [6, 6.07) is 6.34. The van der Waals surface area contributed by atoms with Crippen LogP contribution < -0.4 is 10.4 Å². The van der Waals surface area contributed by atoms with Crippen LogP contribution in [-0.2, 0) is 6.42 Å². The van der Waals surface area contributed by atoms with Gasteiger partial charge in [-0.05, 0) is 36.1 Å². The van der Waals surface area contributed by atoms with Crippen molar-refractivity contribution in [2.45, 2.75) is 26.0 Å². The zero-order valence-electron chi connectivity index (χ0n) is 11.1. The molecular formula is C15H20N2O2. The first-order valence-corrected chi connectivity index (χ1v) is 6.74. The number of benzene rings is 1. The molecule has 1 aliphatic carbocycles. The highest BCUT2D eigenvalue weighted by atomic mass is 16.3. The standard InChI is InChI=1S/C15H20N2O2/c1-15(10-18)9-17(16-14(15)19)13-7-6-11-4-2-3-5-12(11)8-13/h2,4,6-8,14,16,18-19H,3,5,9-10H2,1H3. The molecule has 3 rings (SSSR count). The van der Waals surface area contributed by atoms with Crippen LogP contribution in [0.1, 0.15) is 24.5 Å². The number of hydrazine groups is 1. The van der Waals surface area contributed by atoms with E-state index in [2.05, 4.69) is 35.8 Å². The van der Waals surface area contributed by atoms with Crippen molar-refractivity contribution in [3.05, 3.63) is 35.4 Å². The Kier molecular flexibility index (Phi) is 3.09. The van der Waals surface area contributed by atoms with Crippen molar-refractivity contribution in [1.82, 2.24) is 5.43 Å². The van der Waals surface area contributed by atoms with Crippen molar-refractivity contribution in [1.29, 1.82) is 0 Å². The number of allylic oxidation sites excluding steroid dienone is 1. The van der Waals surface area contributed by atoms with E-state index in [0.717, 1.165) is 18.5 Å². The van der Waals surface area contributed by atoms with Crippen LogP contribution in [0.2, 0.25) is 0 Å². The Balaban J connectivity index is 1.86. The number of nitrogens with one attached hydrogen (secondary N) is 1. The average molecular weight is 260 g/mol. The number of rotatable bonds is 2. The van der Waals surface area contributed by atoms with Crippen LogP contribution in [0, 0.1) is 5.41 Å². The summed E-state index contributed by atoms with van der Waals surface area (Å²) in [5, 5.41) is 21.3. The molecule has 1 aromatic rings. The fourth-order valence-electron chi connectivity index (χ4n) is 2.69. The summed E-state index contributed by atoms with van der Waals surface area (Å²) >= 11 is 0. The highest BCUT2D eigenvalue weighted by Gasteiger charge is 2.41. The predicted octanol–water partition coefficient (Wildman–Crippen LogP) is 1.29. The van der Waals surface area contributed by atoms with Crippen molar-refractivity contribution < 1.29 is 10.2 Å². The topological polar surface area (TPSA) is 55.7 Å². The molecule has 0 aromatic heterocycles. The number of hydrogen-bond acceptors (Lipinski definition) is 4. The van der Waals surface area contributed by atoms with Gasteiger partial charge in [-0.3, -0.25) is 0 Å². The molecule has 3 N–H and O–H groups in total. The van der Waals surface area contributed by atoms with Crippen LogP contribution >= 0.6 is 0 Å². The second kappa shape index (κ2) is 4.63. The van der Waals surface area contributed by atoms with Gasteiger partial charge in [0, 0.05) is 6.54 Å². The summed E-state index contributed by atoms with van der Waals surface area (Å²) in [6.07, 6.45) is 5.79. The van der Waals surface area contributed by atoms with Crippen LogP contribution in [-0.4, -0.2) is 29.6 Å². The van der Waals surface area contributed by atoms with Gasteiger partial charge >= 0.3 is 0 Å². The van der Waals surface area contributed by atoms with Gasteiger partial charge in [0.2, 0.25) is 0 Å². The third-order valence-corrected chi connectivity index (χ3v) is 4.13. The summed E-state index contributed by atoms with van der Waals surface area (Å²) < 4.78 is 0. The molecule has 1 fully saturated rings. The fourth-order valence-corrected chi connectivity index (χ4v) is 2.69. The first-order valence-electron chi connectivity index (χ1n) is 6.74. The Hall–Kier alpha value is -1.36. The van der Waals surface area contributed by atoms with Crippen LogP contribution in [0.3, 0.4) is 0 Å². The summed E-state index contributed by atoms with van der Waals surface area (Å²) in [6.45, 7) is 2.44. The molecule has 2 unspecified atom stereocenters. The van der Waals surface area contributed by atoms with Gasteiger partial charge in [0.25, 0.3) is 0 Å². The highest BCUT2D eigenvalue weighted by Crippen LogP contribution is 2.32. The average Bonchev–Trinajstić information content (AvgIpc) is 2.75. The van der Waals surface area contributed by atoms with Crippen molar-refractivity contribution >= 4 is 11.8 Å². The minimum absolute atomic E-state index is 0.0364. The number of hydrogen-bond donors (Lipinski definition) is 3. The Morgan fingerprint density at radius 1 is 1.47 bits per heavy atom. The first kappa shape index (κ1) is 12.7. The monoisotopic (exact) mass is 260 g/mol. The van der Waals surface area contributed by atoms with E-state index in [0.29, 0.717) is 6.54 Å². The Labute approximate surface area is 113 Å². The van der Waals surface area contributed by atoms with Gasteiger partial charge in [-0.25, -0.2) is 5.43 Å². The molecule has 0 bridgehead atoms. The zero-order chi connectivity index (χ0) is 13.5. The van der Waals surface area contributed by atoms with E-state index in [1.54, 1.807) is 0 Å². The Bertz CT molecular complexity index is 515. The summed E-state index contributed by atoms with van der Waals surface area (Å²) in [4.78, 5) is 0. The number of aliphatic hydroxyl groups excluding tert-OH is 2. The van der Waals surface area contributed by atoms with Crippen LogP contribution in [0.4, 0.5) is 5.69 Å². The maximum Gasteiger partial charge on any atom is 0.130 e.